The molecule has 10 heavy (non-hydrogen) atoms. The number of hydrogen-bond acceptors (Lipinski definition) is 3. The van der Waals surface area contributed by atoms with Crippen molar-refractivity contribution in [3.05, 3.63) is 0 Å². The Morgan fingerprint density at radius 1 is 1.20 bits per heavy atom. The van der Waals surface area contributed by atoms with Crippen molar-refractivity contribution in [3.63, 3.8) is 0 Å². The first-order valence-electron chi connectivity index (χ1n) is 3.05. The van der Waals surface area contributed by atoms with Gasteiger partial charge in [-0.05, 0) is 13.8 Å². The number of rotatable bonds is 3. The minimum absolute atomic E-state index is 1.02. The second-order valence-electron chi connectivity index (χ2n) is 2.35. The van der Waals surface area contributed by atoms with Crippen LogP contribution >= 0.6 is 0 Å². The van der Waals surface area contributed by atoms with E-state index < -0.39 is 24.1 Å². The van der Waals surface area contributed by atoms with E-state index in [1.54, 1.807) is 0 Å². The van der Waals surface area contributed by atoms with Gasteiger partial charge in [0.05, 0.1) is 12.2 Å². The van der Waals surface area contributed by atoms with Crippen LogP contribution in [0.3, 0.4) is 0 Å². The maximum absolute atomic E-state index is 10.3. The summed E-state index contributed by atoms with van der Waals surface area (Å²) in [6.07, 6.45) is -2.03. The molecule has 0 fully saturated rings. The summed E-state index contributed by atoms with van der Waals surface area (Å²) in [6, 6.07) is 0. The molecule has 3 N–H and O–H groups in total. The molecule has 4 heteroatoms. The van der Waals surface area contributed by atoms with Crippen molar-refractivity contribution in [2.24, 2.45) is 5.92 Å². The molecule has 0 saturated heterocycles. The lowest BCUT2D eigenvalue weighted by Crippen LogP contribution is -2.34. The Labute approximate surface area is 59.1 Å². The van der Waals surface area contributed by atoms with Crippen molar-refractivity contribution in [1.29, 1.82) is 0 Å². The lowest BCUT2D eigenvalue weighted by molar-refractivity contribution is -0.150. The van der Waals surface area contributed by atoms with Crippen molar-refractivity contribution >= 4 is 5.97 Å². The van der Waals surface area contributed by atoms with Crippen molar-refractivity contribution in [2.75, 3.05) is 0 Å². The van der Waals surface area contributed by atoms with Crippen LogP contribution in [0.15, 0.2) is 0 Å². The first kappa shape index (κ1) is 9.39. The van der Waals surface area contributed by atoms with E-state index in [1.165, 1.54) is 13.8 Å². The maximum Gasteiger partial charge on any atom is 0.311 e. The van der Waals surface area contributed by atoms with Crippen molar-refractivity contribution in [3.8, 4) is 0 Å². The zero-order valence-electron chi connectivity index (χ0n) is 5.98. The fraction of sp³-hybridized carbons (Fsp3) is 0.833. The summed E-state index contributed by atoms with van der Waals surface area (Å²) in [6.45, 7) is 2.68. The first-order valence-corrected chi connectivity index (χ1v) is 3.05. The predicted molar refractivity (Wildman–Crippen MR) is 34.5 cm³/mol. The molecule has 0 saturated carbocycles. The van der Waals surface area contributed by atoms with E-state index in [0.29, 0.717) is 0 Å². The molecule has 0 amide bonds. The fourth-order valence-corrected chi connectivity index (χ4v) is 0.816. The minimum Gasteiger partial charge on any atom is -0.481 e. The number of hydrogen-bond donors (Lipinski definition) is 3. The van der Waals surface area contributed by atoms with E-state index in [9.17, 15) is 4.79 Å². The van der Waals surface area contributed by atoms with Crippen LogP contribution in [0.5, 0.6) is 0 Å². The maximum atomic E-state index is 10.3. The summed E-state index contributed by atoms with van der Waals surface area (Å²) in [5.74, 6) is -2.26. The summed E-state index contributed by atoms with van der Waals surface area (Å²) in [5, 5.41) is 26.0. The topological polar surface area (TPSA) is 77.8 Å². The molecular weight excluding hydrogens is 136 g/mol. The summed E-state index contributed by atoms with van der Waals surface area (Å²) in [4.78, 5) is 10.3. The van der Waals surface area contributed by atoms with Crippen LogP contribution < -0.4 is 0 Å². The summed E-state index contributed by atoms with van der Waals surface area (Å²) in [5.41, 5.74) is 0. The van der Waals surface area contributed by atoms with Crippen molar-refractivity contribution in [2.45, 2.75) is 26.1 Å². The molecule has 2 unspecified atom stereocenters. The Bertz CT molecular complexity index is 111. The second kappa shape index (κ2) is 3.53. The molecule has 0 spiro atoms. The number of aliphatic carboxylic acids is 1. The van der Waals surface area contributed by atoms with Gasteiger partial charge in [-0.25, -0.2) is 0 Å². The quantitative estimate of drug-likeness (QED) is 0.501. The van der Waals surface area contributed by atoms with Gasteiger partial charge in [-0.3, -0.25) is 4.79 Å². The van der Waals surface area contributed by atoms with E-state index in [4.69, 9.17) is 15.3 Å². The smallest absolute Gasteiger partial charge is 0.311 e. The third-order valence-electron chi connectivity index (χ3n) is 1.32. The van der Waals surface area contributed by atoms with E-state index >= 15 is 0 Å². The van der Waals surface area contributed by atoms with Gasteiger partial charge in [0.2, 0.25) is 0 Å². The molecule has 0 aromatic heterocycles. The number of carboxylic acids is 1. The Hall–Kier alpha value is -0.610. The van der Waals surface area contributed by atoms with E-state index in [2.05, 4.69) is 0 Å². The van der Waals surface area contributed by atoms with Crippen LogP contribution in [0.2, 0.25) is 0 Å². The number of carboxylic acid groups (broad SMARTS) is 1. The Kier molecular flexibility index (Phi) is 3.32. The van der Waals surface area contributed by atoms with Gasteiger partial charge in [0.15, 0.2) is 0 Å². The third-order valence-corrected chi connectivity index (χ3v) is 1.32. The minimum atomic E-state index is -1.18. The van der Waals surface area contributed by atoms with Gasteiger partial charge in [-0.2, -0.15) is 0 Å². The average molecular weight is 148 g/mol. The highest BCUT2D eigenvalue weighted by molar-refractivity contribution is 5.71. The SMILES string of the molecule is CC(O)C(C(=O)O)C(C)O. The molecule has 0 radical (unpaired) electrons. The molecular formula is C6H12O4. The zero-order chi connectivity index (χ0) is 8.31. The van der Waals surface area contributed by atoms with Crippen LogP contribution in [-0.2, 0) is 4.79 Å². The van der Waals surface area contributed by atoms with E-state index in [0.717, 1.165) is 0 Å². The summed E-state index contributed by atoms with van der Waals surface area (Å²) in [7, 11) is 0. The van der Waals surface area contributed by atoms with Crippen molar-refractivity contribution < 1.29 is 20.1 Å². The van der Waals surface area contributed by atoms with Crippen LogP contribution in [-0.4, -0.2) is 33.5 Å². The molecule has 0 aromatic rings. The van der Waals surface area contributed by atoms with E-state index in [-0.39, 0.29) is 0 Å². The normalized spacial score (nSPS) is 19.6. The molecule has 60 valence electrons. The van der Waals surface area contributed by atoms with Crippen molar-refractivity contribution in [1.82, 2.24) is 0 Å². The monoisotopic (exact) mass is 148 g/mol. The van der Waals surface area contributed by atoms with Gasteiger partial charge in [-0.1, -0.05) is 0 Å². The van der Waals surface area contributed by atoms with Gasteiger partial charge in [0, 0.05) is 0 Å². The standard InChI is InChI=1S/C6H12O4/c1-3(7)5(4(2)8)6(9)10/h3-5,7-8H,1-2H3,(H,9,10). The number of aliphatic hydroxyl groups excluding tert-OH is 2. The highest BCUT2D eigenvalue weighted by atomic mass is 16.4. The van der Waals surface area contributed by atoms with Crippen LogP contribution in [0, 0.1) is 5.92 Å². The average Bonchev–Trinajstić information content (AvgIpc) is 1.59. The molecule has 0 bridgehead atoms. The molecule has 4 nitrogen and oxygen atoms in total. The van der Waals surface area contributed by atoms with Crippen LogP contribution in [0.25, 0.3) is 0 Å². The Balaban J connectivity index is 4.12. The third kappa shape index (κ3) is 2.33. The lowest BCUT2D eigenvalue weighted by Gasteiger charge is -2.17. The van der Waals surface area contributed by atoms with Gasteiger partial charge < -0.3 is 15.3 Å². The van der Waals surface area contributed by atoms with Crippen LogP contribution in [0.1, 0.15) is 13.8 Å². The number of carbonyl (C=O) groups is 1. The highest BCUT2D eigenvalue weighted by Crippen LogP contribution is 2.08. The summed E-state index contributed by atoms with van der Waals surface area (Å²) < 4.78 is 0. The molecule has 0 aliphatic heterocycles. The lowest BCUT2D eigenvalue weighted by atomic mass is 9.99. The van der Waals surface area contributed by atoms with Gasteiger partial charge in [0.1, 0.15) is 5.92 Å². The second-order valence-corrected chi connectivity index (χ2v) is 2.35. The highest BCUT2D eigenvalue weighted by Gasteiger charge is 2.27. The van der Waals surface area contributed by atoms with Gasteiger partial charge in [-0.15, -0.1) is 0 Å². The largest absolute Gasteiger partial charge is 0.481 e. The predicted octanol–water partition coefficient (Wildman–Crippen LogP) is -0.551. The molecule has 0 rings (SSSR count). The fourth-order valence-electron chi connectivity index (χ4n) is 0.816. The zero-order valence-corrected chi connectivity index (χ0v) is 5.98. The molecule has 0 heterocycles. The Morgan fingerprint density at radius 2 is 1.50 bits per heavy atom. The molecule has 2 atom stereocenters. The molecule has 0 aliphatic rings. The first-order chi connectivity index (χ1) is 4.46. The van der Waals surface area contributed by atoms with Crippen LogP contribution in [0.4, 0.5) is 0 Å². The van der Waals surface area contributed by atoms with E-state index in [1.807, 2.05) is 0 Å². The molecule has 0 aromatic carbocycles. The number of aliphatic hydroxyl groups is 2. The van der Waals surface area contributed by atoms with Gasteiger partial charge >= 0.3 is 5.97 Å². The Morgan fingerprint density at radius 3 is 1.50 bits per heavy atom. The summed E-state index contributed by atoms with van der Waals surface area (Å²) >= 11 is 0. The van der Waals surface area contributed by atoms with Gasteiger partial charge in [0.25, 0.3) is 0 Å². The molecule has 0 aliphatic carbocycles.